The maximum atomic E-state index is 11.6. The molecule has 1 aromatic heterocycles. The lowest BCUT2D eigenvalue weighted by Gasteiger charge is -2.15. The Morgan fingerprint density at radius 2 is 2.11 bits per heavy atom. The second kappa shape index (κ2) is 6.47. The van der Waals surface area contributed by atoms with Crippen molar-refractivity contribution in [1.82, 2.24) is 10.3 Å². The molecule has 1 rings (SSSR count). The normalized spacial score (nSPS) is 10.4. The molecule has 0 aliphatic rings. The Kier molecular flexibility index (Phi) is 5.23. The zero-order valence-corrected chi connectivity index (χ0v) is 12.5. The molecule has 0 spiro atoms. The third-order valence-corrected chi connectivity index (χ3v) is 2.67. The van der Waals surface area contributed by atoms with E-state index in [0.717, 1.165) is 17.1 Å². The lowest BCUT2D eigenvalue weighted by molar-refractivity contribution is -0.119. The zero-order chi connectivity index (χ0) is 14.6. The van der Waals surface area contributed by atoms with E-state index >= 15 is 0 Å². The molecule has 1 amide bonds. The molecule has 0 fully saturated rings. The van der Waals surface area contributed by atoms with Crippen LogP contribution in [-0.4, -0.2) is 28.5 Å². The second-order valence-electron chi connectivity index (χ2n) is 4.71. The number of thiocarbonyl (C=S) groups is 1. The van der Waals surface area contributed by atoms with Crippen molar-refractivity contribution in [2.75, 3.05) is 11.9 Å². The number of rotatable bonds is 5. The molecule has 0 aliphatic heterocycles. The van der Waals surface area contributed by atoms with Crippen LogP contribution in [0.2, 0.25) is 0 Å². The number of pyridine rings is 1. The molecule has 6 heteroatoms. The number of nitrogens with one attached hydrogen (secondary N) is 2. The van der Waals surface area contributed by atoms with Crippen LogP contribution >= 0.6 is 12.2 Å². The van der Waals surface area contributed by atoms with Gasteiger partial charge in [-0.25, -0.2) is 0 Å². The van der Waals surface area contributed by atoms with Crippen LogP contribution in [0.1, 0.15) is 30.8 Å². The SMILES string of the molecule is Cc1cc(NCC(=O)NC(C)C)c(C(N)=S)c(C)n1. The maximum absolute atomic E-state index is 11.6. The van der Waals surface area contributed by atoms with Gasteiger partial charge in [0.05, 0.1) is 12.1 Å². The molecule has 5 nitrogen and oxygen atoms in total. The molecule has 0 radical (unpaired) electrons. The number of aryl methyl sites for hydroxylation is 2. The molecule has 0 aliphatic carbocycles. The molecule has 0 aromatic carbocycles. The van der Waals surface area contributed by atoms with Gasteiger partial charge in [0.1, 0.15) is 4.99 Å². The summed E-state index contributed by atoms with van der Waals surface area (Å²) in [4.78, 5) is 16.2. The van der Waals surface area contributed by atoms with Gasteiger partial charge in [-0.3, -0.25) is 9.78 Å². The Bertz CT molecular complexity index is 500. The van der Waals surface area contributed by atoms with E-state index in [0.29, 0.717) is 5.56 Å². The second-order valence-corrected chi connectivity index (χ2v) is 5.15. The number of nitrogens with two attached hydrogens (primary N) is 1. The first kappa shape index (κ1) is 15.4. The average Bonchev–Trinajstić information content (AvgIpc) is 2.23. The zero-order valence-electron chi connectivity index (χ0n) is 11.7. The summed E-state index contributed by atoms with van der Waals surface area (Å²) >= 11 is 5.03. The van der Waals surface area contributed by atoms with Gasteiger partial charge >= 0.3 is 0 Å². The molecule has 1 aromatic rings. The summed E-state index contributed by atoms with van der Waals surface area (Å²) < 4.78 is 0. The highest BCUT2D eigenvalue weighted by Crippen LogP contribution is 2.19. The third kappa shape index (κ3) is 4.48. The molecule has 0 atom stereocenters. The number of hydrogen-bond donors (Lipinski definition) is 3. The molecular weight excluding hydrogens is 260 g/mol. The first-order valence-corrected chi connectivity index (χ1v) is 6.53. The third-order valence-electron chi connectivity index (χ3n) is 2.46. The number of carbonyl (C=O) groups is 1. The lowest BCUT2D eigenvalue weighted by Crippen LogP contribution is -2.35. The van der Waals surface area contributed by atoms with Crippen molar-refractivity contribution in [3.05, 3.63) is 23.0 Å². The molecule has 4 N–H and O–H groups in total. The predicted octanol–water partition coefficient (Wildman–Crippen LogP) is 1.27. The molecule has 0 saturated heterocycles. The van der Waals surface area contributed by atoms with Crippen molar-refractivity contribution in [3.8, 4) is 0 Å². The molecular formula is C13H20N4OS. The fraction of sp³-hybridized carbons (Fsp3) is 0.462. The van der Waals surface area contributed by atoms with Crippen LogP contribution in [0, 0.1) is 13.8 Å². The summed E-state index contributed by atoms with van der Waals surface area (Å²) in [6.45, 7) is 7.74. The summed E-state index contributed by atoms with van der Waals surface area (Å²) in [6.07, 6.45) is 0. The summed E-state index contributed by atoms with van der Waals surface area (Å²) in [5.41, 5.74) is 8.76. The highest BCUT2D eigenvalue weighted by atomic mass is 32.1. The highest BCUT2D eigenvalue weighted by Gasteiger charge is 2.12. The quantitative estimate of drug-likeness (QED) is 0.708. The number of anilines is 1. The Morgan fingerprint density at radius 3 is 2.63 bits per heavy atom. The Balaban J connectivity index is 2.88. The van der Waals surface area contributed by atoms with E-state index in [-0.39, 0.29) is 23.5 Å². The minimum Gasteiger partial charge on any atom is -0.389 e. The summed E-state index contributed by atoms with van der Waals surface area (Å²) in [7, 11) is 0. The Labute approximate surface area is 119 Å². The van der Waals surface area contributed by atoms with E-state index in [1.165, 1.54) is 0 Å². The molecule has 1 heterocycles. The van der Waals surface area contributed by atoms with Crippen LogP contribution in [0.25, 0.3) is 0 Å². The Hall–Kier alpha value is -1.69. The number of carbonyl (C=O) groups excluding carboxylic acids is 1. The predicted molar refractivity (Wildman–Crippen MR) is 81.4 cm³/mol. The molecule has 0 saturated carbocycles. The van der Waals surface area contributed by atoms with E-state index < -0.39 is 0 Å². The molecule has 0 bridgehead atoms. The number of amides is 1. The lowest BCUT2D eigenvalue weighted by atomic mass is 10.1. The van der Waals surface area contributed by atoms with Crippen LogP contribution in [-0.2, 0) is 4.79 Å². The van der Waals surface area contributed by atoms with Crippen LogP contribution in [0.15, 0.2) is 6.07 Å². The van der Waals surface area contributed by atoms with Crippen LogP contribution < -0.4 is 16.4 Å². The van der Waals surface area contributed by atoms with E-state index in [9.17, 15) is 4.79 Å². The van der Waals surface area contributed by atoms with Gasteiger partial charge in [0.25, 0.3) is 0 Å². The topological polar surface area (TPSA) is 80.0 Å². The van der Waals surface area contributed by atoms with Gasteiger partial charge < -0.3 is 16.4 Å². The Morgan fingerprint density at radius 1 is 1.47 bits per heavy atom. The van der Waals surface area contributed by atoms with Crippen molar-refractivity contribution in [2.24, 2.45) is 5.73 Å². The van der Waals surface area contributed by atoms with Crippen molar-refractivity contribution >= 4 is 28.8 Å². The van der Waals surface area contributed by atoms with E-state index in [4.69, 9.17) is 18.0 Å². The van der Waals surface area contributed by atoms with Crippen molar-refractivity contribution in [1.29, 1.82) is 0 Å². The maximum Gasteiger partial charge on any atom is 0.239 e. The molecule has 104 valence electrons. The fourth-order valence-corrected chi connectivity index (χ4v) is 2.09. The first-order chi connectivity index (χ1) is 8.81. The van der Waals surface area contributed by atoms with Gasteiger partial charge in [-0.15, -0.1) is 0 Å². The van der Waals surface area contributed by atoms with Crippen molar-refractivity contribution < 1.29 is 4.79 Å². The van der Waals surface area contributed by atoms with Gasteiger partial charge in [0.15, 0.2) is 0 Å². The van der Waals surface area contributed by atoms with Crippen LogP contribution in [0.5, 0.6) is 0 Å². The van der Waals surface area contributed by atoms with Gasteiger partial charge in [0, 0.05) is 23.1 Å². The van der Waals surface area contributed by atoms with E-state index in [1.54, 1.807) is 0 Å². The summed E-state index contributed by atoms with van der Waals surface area (Å²) in [5.74, 6) is -0.0731. The van der Waals surface area contributed by atoms with Crippen molar-refractivity contribution in [3.63, 3.8) is 0 Å². The minimum atomic E-state index is -0.0731. The molecule has 0 unspecified atom stereocenters. The standard InChI is InChI=1S/C13H20N4OS/c1-7(2)16-11(18)6-15-10-5-8(3)17-9(4)12(10)13(14)19/h5,7H,6H2,1-4H3,(H2,14,19)(H,15,17)(H,16,18). The number of nitrogens with zero attached hydrogens (tertiary/aromatic N) is 1. The minimum absolute atomic E-state index is 0.0731. The summed E-state index contributed by atoms with van der Waals surface area (Å²) in [6, 6.07) is 1.95. The molecule has 19 heavy (non-hydrogen) atoms. The first-order valence-electron chi connectivity index (χ1n) is 6.12. The monoisotopic (exact) mass is 280 g/mol. The van der Waals surface area contributed by atoms with Crippen molar-refractivity contribution in [2.45, 2.75) is 33.7 Å². The van der Waals surface area contributed by atoms with E-state index in [1.807, 2.05) is 33.8 Å². The number of hydrogen-bond acceptors (Lipinski definition) is 4. The van der Waals surface area contributed by atoms with Crippen LogP contribution in [0.3, 0.4) is 0 Å². The van der Waals surface area contributed by atoms with Gasteiger partial charge in [0.2, 0.25) is 5.91 Å². The largest absolute Gasteiger partial charge is 0.389 e. The summed E-state index contributed by atoms with van der Waals surface area (Å²) in [5, 5.41) is 5.87. The average molecular weight is 280 g/mol. The number of aromatic nitrogens is 1. The van der Waals surface area contributed by atoms with Gasteiger partial charge in [-0.1, -0.05) is 12.2 Å². The van der Waals surface area contributed by atoms with Gasteiger partial charge in [-0.2, -0.15) is 0 Å². The van der Waals surface area contributed by atoms with Gasteiger partial charge in [-0.05, 0) is 33.8 Å². The smallest absolute Gasteiger partial charge is 0.239 e. The fourth-order valence-electron chi connectivity index (χ4n) is 1.83. The highest BCUT2D eigenvalue weighted by molar-refractivity contribution is 7.80. The van der Waals surface area contributed by atoms with E-state index in [2.05, 4.69) is 15.6 Å². The van der Waals surface area contributed by atoms with Crippen LogP contribution in [0.4, 0.5) is 5.69 Å².